The van der Waals surface area contributed by atoms with E-state index in [1.54, 1.807) is 91.5 Å². The van der Waals surface area contributed by atoms with Crippen LogP contribution >= 0.6 is 0 Å². The van der Waals surface area contributed by atoms with Crippen molar-refractivity contribution in [1.82, 2.24) is 14.7 Å². The zero-order valence-corrected chi connectivity index (χ0v) is 47.6. The van der Waals surface area contributed by atoms with E-state index in [0.29, 0.717) is 22.3 Å². The Labute approximate surface area is 466 Å². The molecule has 1 heterocycles. The highest BCUT2D eigenvalue weighted by molar-refractivity contribution is 5.79. The topological polar surface area (TPSA) is 194 Å². The zero-order chi connectivity index (χ0) is 57.6. The average molecular weight is 1090 g/mol. The second-order valence-corrected chi connectivity index (χ2v) is 22.9. The molecule has 0 amide bonds. The number of nitrogens with zero attached hydrogens (tertiary/aromatic N) is 3. The van der Waals surface area contributed by atoms with Gasteiger partial charge in [0.25, 0.3) is 0 Å². The minimum Gasteiger partial charge on any atom is -0.460 e. The molecule has 0 spiro atoms. The van der Waals surface area contributed by atoms with Crippen LogP contribution in [0.4, 0.5) is 0 Å². The Morgan fingerprint density at radius 2 is 0.722 bits per heavy atom. The second-order valence-electron chi connectivity index (χ2n) is 22.9. The molecule has 0 N–H and O–H groups in total. The molecule has 5 rings (SSSR count). The standard InChI is InChI=1S/C62H81N3O14/c1-59(2,3)77-52(66)32-30-50(57(71)75-42-48-26-18-12-19-27-48)63-36-37-64(51(31-33-53(67)78-60(4,5)6)58(72)76-43-49-28-20-13-21-29-49)45-62(44-63,35-34-54(68)79-61(7,8)9)65(38-55(69)73-40-46-22-14-10-15-23-46)39-56(70)74-41-47-24-16-11-17-25-47/h10-29,50-51H,30-45H2,1-9H3. The normalized spacial score (nSPS) is 16.1. The fourth-order valence-electron chi connectivity index (χ4n) is 9.11. The number of rotatable bonds is 26. The number of carbonyl (C=O) groups excluding carboxylic acids is 7. The van der Waals surface area contributed by atoms with Gasteiger partial charge in [-0.3, -0.25) is 48.3 Å². The van der Waals surface area contributed by atoms with Crippen molar-refractivity contribution in [1.29, 1.82) is 0 Å². The largest absolute Gasteiger partial charge is 0.460 e. The Bertz CT molecular complexity index is 2420. The van der Waals surface area contributed by atoms with E-state index in [1.807, 2.05) is 107 Å². The molecule has 17 nitrogen and oxygen atoms in total. The number of benzene rings is 4. The number of carbonyl (C=O) groups is 7. The monoisotopic (exact) mass is 1090 g/mol. The first-order valence-electron chi connectivity index (χ1n) is 27.0. The molecule has 17 heteroatoms. The molecule has 0 saturated carbocycles. The molecule has 0 aliphatic carbocycles. The number of hydrogen-bond donors (Lipinski definition) is 0. The van der Waals surface area contributed by atoms with E-state index in [-0.39, 0.29) is 91.1 Å². The Hall–Kier alpha value is -6.95. The second kappa shape index (κ2) is 29.9. The highest BCUT2D eigenvalue weighted by Crippen LogP contribution is 2.33. The summed E-state index contributed by atoms with van der Waals surface area (Å²) in [6.45, 7) is 14.0. The minimum absolute atomic E-state index is 0.0350. The molecule has 1 aliphatic heterocycles. The van der Waals surface area contributed by atoms with Crippen molar-refractivity contribution in [3.8, 4) is 0 Å². The lowest BCUT2D eigenvalue weighted by Gasteiger charge is -2.47. The molecule has 79 heavy (non-hydrogen) atoms. The van der Waals surface area contributed by atoms with E-state index >= 15 is 0 Å². The number of ether oxygens (including phenoxy) is 7. The lowest BCUT2D eigenvalue weighted by atomic mass is 9.88. The molecule has 428 valence electrons. The summed E-state index contributed by atoms with van der Waals surface area (Å²) in [4.78, 5) is 105. The van der Waals surface area contributed by atoms with Gasteiger partial charge in [-0.2, -0.15) is 0 Å². The fourth-order valence-corrected chi connectivity index (χ4v) is 9.11. The summed E-state index contributed by atoms with van der Waals surface area (Å²) in [5.41, 5.74) is -1.29. The van der Waals surface area contributed by atoms with Crippen molar-refractivity contribution >= 4 is 41.8 Å². The van der Waals surface area contributed by atoms with Gasteiger partial charge in [0.05, 0.1) is 13.1 Å². The third kappa shape index (κ3) is 23.1. The summed E-state index contributed by atoms with van der Waals surface area (Å²) < 4.78 is 41.3. The maximum absolute atomic E-state index is 14.9. The van der Waals surface area contributed by atoms with Crippen molar-refractivity contribution < 1.29 is 66.7 Å². The smallest absolute Gasteiger partial charge is 0.323 e. The third-order valence-electron chi connectivity index (χ3n) is 12.6. The molecule has 0 radical (unpaired) electrons. The molecular formula is C62H81N3O14. The van der Waals surface area contributed by atoms with Gasteiger partial charge in [-0.05, 0) is 104 Å². The van der Waals surface area contributed by atoms with Crippen molar-refractivity contribution in [2.75, 3.05) is 39.3 Å². The van der Waals surface area contributed by atoms with E-state index in [0.717, 1.165) is 0 Å². The van der Waals surface area contributed by atoms with E-state index in [2.05, 4.69) is 0 Å². The molecule has 0 aromatic heterocycles. The van der Waals surface area contributed by atoms with Crippen LogP contribution in [0.3, 0.4) is 0 Å². The van der Waals surface area contributed by atoms with E-state index in [1.165, 1.54) is 0 Å². The molecular weight excluding hydrogens is 1010 g/mol. The maximum atomic E-state index is 14.9. The lowest BCUT2D eigenvalue weighted by Crippen LogP contribution is -2.64. The summed E-state index contributed by atoms with van der Waals surface area (Å²) in [6.07, 6.45) is -0.995. The Balaban J connectivity index is 1.71. The van der Waals surface area contributed by atoms with Gasteiger partial charge in [0.15, 0.2) is 0 Å². The van der Waals surface area contributed by atoms with Gasteiger partial charge in [0.2, 0.25) is 0 Å². The van der Waals surface area contributed by atoms with Gasteiger partial charge in [0, 0.05) is 51.0 Å². The predicted molar refractivity (Wildman–Crippen MR) is 295 cm³/mol. The van der Waals surface area contributed by atoms with E-state index in [9.17, 15) is 33.6 Å². The summed E-state index contributed by atoms with van der Waals surface area (Å²) in [7, 11) is 0. The average Bonchev–Trinajstić information content (AvgIpc) is 3.87. The van der Waals surface area contributed by atoms with Crippen molar-refractivity contribution in [3.05, 3.63) is 144 Å². The number of esters is 7. The molecule has 0 bridgehead atoms. The van der Waals surface area contributed by atoms with Gasteiger partial charge in [-0.1, -0.05) is 121 Å². The molecule has 4 aromatic rings. The highest BCUT2D eigenvalue weighted by Gasteiger charge is 2.49. The van der Waals surface area contributed by atoms with Crippen LogP contribution in [0.25, 0.3) is 0 Å². The first-order valence-corrected chi connectivity index (χ1v) is 27.0. The van der Waals surface area contributed by atoms with Crippen LogP contribution < -0.4 is 0 Å². The number of hydrogen-bond acceptors (Lipinski definition) is 17. The highest BCUT2D eigenvalue weighted by atomic mass is 16.6. The van der Waals surface area contributed by atoms with Crippen LogP contribution in [0, 0.1) is 0 Å². The summed E-state index contributed by atoms with van der Waals surface area (Å²) in [5.74, 6) is -4.54. The Kier molecular flexibility index (Phi) is 23.8. The first kappa shape index (κ1) is 62.9. The molecule has 2 unspecified atom stereocenters. The van der Waals surface area contributed by atoms with Crippen LogP contribution in [-0.2, 0) is 93.1 Å². The maximum Gasteiger partial charge on any atom is 0.323 e. The quantitative estimate of drug-likeness (QED) is 0.0428. The van der Waals surface area contributed by atoms with Crippen molar-refractivity contribution in [3.63, 3.8) is 0 Å². The first-order chi connectivity index (χ1) is 37.3. The van der Waals surface area contributed by atoms with Crippen LogP contribution in [0.1, 0.15) is 123 Å². The molecule has 4 aromatic carbocycles. The molecule has 1 saturated heterocycles. The van der Waals surface area contributed by atoms with E-state index < -0.39 is 89.3 Å². The van der Waals surface area contributed by atoms with E-state index in [4.69, 9.17) is 33.2 Å². The molecule has 1 fully saturated rings. The fraction of sp³-hybridized carbons (Fsp3) is 0.500. The summed E-state index contributed by atoms with van der Waals surface area (Å²) in [6, 6.07) is 34.0. The van der Waals surface area contributed by atoms with Gasteiger partial charge in [0.1, 0.15) is 55.3 Å². The zero-order valence-electron chi connectivity index (χ0n) is 47.6. The SMILES string of the molecule is CC(C)(C)OC(=O)CCC(C(=O)OCc1ccccc1)N1CCN(C(CCC(=O)OC(C)(C)C)C(=O)OCc2ccccc2)CC(CCC(=O)OC(C)(C)C)(N(CC(=O)OCc2ccccc2)CC(=O)OCc2ccccc2)C1. The van der Waals surface area contributed by atoms with Crippen molar-refractivity contribution in [2.24, 2.45) is 0 Å². The Morgan fingerprint density at radius 3 is 1.03 bits per heavy atom. The van der Waals surface area contributed by atoms with Gasteiger partial charge in [-0.15, -0.1) is 0 Å². The predicted octanol–water partition coefficient (Wildman–Crippen LogP) is 8.72. The van der Waals surface area contributed by atoms with Gasteiger partial charge < -0.3 is 33.2 Å². The van der Waals surface area contributed by atoms with Crippen LogP contribution in [0.15, 0.2) is 121 Å². The van der Waals surface area contributed by atoms with Crippen LogP contribution in [0.2, 0.25) is 0 Å². The molecule has 2 atom stereocenters. The van der Waals surface area contributed by atoms with Crippen molar-refractivity contribution in [2.45, 2.75) is 162 Å². The third-order valence-corrected chi connectivity index (χ3v) is 12.6. The summed E-state index contributed by atoms with van der Waals surface area (Å²) in [5, 5.41) is 0. The minimum atomic E-state index is -1.56. The van der Waals surface area contributed by atoms with Crippen LogP contribution in [0.5, 0.6) is 0 Å². The van der Waals surface area contributed by atoms with Gasteiger partial charge in [-0.25, -0.2) is 0 Å². The van der Waals surface area contributed by atoms with Gasteiger partial charge >= 0.3 is 41.8 Å². The van der Waals surface area contributed by atoms with Crippen LogP contribution in [-0.4, -0.2) is 130 Å². The lowest BCUT2D eigenvalue weighted by molar-refractivity contribution is -0.162. The summed E-state index contributed by atoms with van der Waals surface area (Å²) >= 11 is 0. The Morgan fingerprint density at radius 1 is 0.430 bits per heavy atom. The molecule has 1 aliphatic rings.